The summed E-state index contributed by atoms with van der Waals surface area (Å²) in [6.07, 6.45) is 0.381. The van der Waals surface area contributed by atoms with Crippen molar-refractivity contribution in [3.05, 3.63) is 17.3 Å². The molecule has 0 atom stereocenters. The number of rotatable bonds is 4. The summed E-state index contributed by atoms with van der Waals surface area (Å²) in [5.74, 6) is 0.0436. The van der Waals surface area contributed by atoms with Crippen LogP contribution in [-0.2, 0) is 9.59 Å². The highest BCUT2D eigenvalue weighted by atomic mass is 35.5. The standard InChI is InChI=1S/C9H10ClN3O2/c1-6(14)2-5-9(15)11-8-4-3-7(10)12-13-8/h3-4H,2,5H2,1H3,(H,11,13,15). The Morgan fingerprint density at radius 2 is 2.07 bits per heavy atom. The van der Waals surface area contributed by atoms with Gasteiger partial charge in [0, 0.05) is 12.8 Å². The van der Waals surface area contributed by atoms with Crippen LogP contribution in [0.25, 0.3) is 0 Å². The maximum absolute atomic E-state index is 11.2. The molecular formula is C9H10ClN3O2. The first-order chi connectivity index (χ1) is 7.08. The highest BCUT2D eigenvalue weighted by Crippen LogP contribution is 2.06. The number of halogens is 1. The minimum absolute atomic E-state index is 0.0210. The summed E-state index contributed by atoms with van der Waals surface area (Å²) < 4.78 is 0. The van der Waals surface area contributed by atoms with Crippen molar-refractivity contribution in [3.8, 4) is 0 Å². The van der Waals surface area contributed by atoms with Gasteiger partial charge in [0.2, 0.25) is 5.91 Å². The lowest BCUT2D eigenvalue weighted by Crippen LogP contribution is -2.13. The van der Waals surface area contributed by atoms with Crippen molar-refractivity contribution in [2.75, 3.05) is 5.32 Å². The molecule has 0 saturated heterocycles. The predicted octanol–water partition coefficient (Wildman–Crippen LogP) is 1.44. The van der Waals surface area contributed by atoms with Crippen LogP contribution in [-0.4, -0.2) is 21.9 Å². The van der Waals surface area contributed by atoms with Gasteiger partial charge in [0.15, 0.2) is 11.0 Å². The van der Waals surface area contributed by atoms with Crippen molar-refractivity contribution in [1.82, 2.24) is 10.2 Å². The Hall–Kier alpha value is -1.49. The summed E-state index contributed by atoms with van der Waals surface area (Å²) in [5.41, 5.74) is 0. The average molecular weight is 228 g/mol. The molecule has 1 aromatic heterocycles. The van der Waals surface area contributed by atoms with Crippen LogP contribution in [0.1, 0.15) is 19.8 Å². The third-order valence-corrected chi connectivity index (χ3v) is 1.81. The van der Waals surface area contributed by atoms with E-state index in [0.717, 1.165) is 0 Å². The van der Waals surface area contributed by atoms with Crippen LogP contribution in [0.2, 0.25) is 5.15 Å². The van der Waals surface area contributed by atoms with E-state index < -0.39 is 0 Å². The Kier molecular flexibility index (Phi) is 4.17. The molecule has 5 nitrogen and oxygen atoms in total. The molecule has 1 aromatic rings. The van der Waals surface area contributed by atoms with E-state index >= 15 is 0 Å². The molecule has 0 radical (unpaired) electrons. The van der Waals surface area contributed by atoms with E-state index in [1.807, 2.05) is 0 Å². The molecule has 1 rings (SSSR count). The van der Waals surface area contributed by atoms with Gasteiger partial charge in [-0.1, -0.05) is 11.6 Å². The number of amides is 1. The molecule has 15 heavy (non-hydrogen) atoms. The largest absolute Gasteiger partial charge is 0.309 e. The van der Waals surface area contributed by atoms with Crippen molar-refractivity contribution in [1.29, 1.82) is 0 Å². The maximum Gasteiger partial charge on any atom is 0.226 e. The first-order valence-electron chi connectivity index (χ1n) is 4.36. The molecule has 0 bridgehead atoms. The van der Waals surface area contributed by atoms with Gasteiger partial charge in [0.05, 0.1) is 0 Å². The zero-order chi connectivity index (χ0) is 11.3. The van der Waals surface area contributed by atoms with E-state index in [2.05, 4.69) is 15.5 Å². The van der Waals surface area contributed by atoms with E-state index in [-0.39, 0.29) is 29.7 Å². The van der Waals surface area contributed by atoms with Gasteiger partial charge in [-0.2, -0.15) is 0 Å². The van der Waals surface area contributed by atoms with Crippen LogP contribution < -0.4 is 5.32 Å². The Labute approximate surface area is 91.8 Å². The molecule has 0 aliphatic heterocycles. The zero-order valence-corrected chi connectivity index (χ0v) is 8.91. The lowest BCUT2D eigenvalue weighted by Gasteiger charge is -2.01. The second-order valence-corrected chi connectivity index (χ2v) is 3.38. The number of aromatic nitrogens is 2. The lowest BCUT2D eigenvalue weighted by molar-refractivity contribution is -0.121. The van der Waals surface area contributed by atoms with Gasteiger partial charge < -0.3 is 10.1 Å². The summed E-state index contributed by atoms with van der Waals surface area (Å²) >= 11 is 5.52. The molecule has 0 saturated carbocycles. The second kappa shape index (κ2) is 5.41. The minimum Gasteiger partial charge on any atom is -0.309 e. The fraction of sp³-hybridized carbons (Fsp3) is 0.333. The smallest absolute Gasteiger partial charge is 0.226 e. The van der Waals surface area contributed by atoms with Crippen LogP contribution in [0.3, 0.4) is 0 Å². The van der Waals surface area contributed by atoms with Crippen molar-refractivity contribution in [3.63, 3.8) is 0 Å². The van der Waals surface area contributed by atoms with Gasteiger partial charge in [-0.3, -0.25) is 4.79 Å². The number of ketones is 1. The molecule has 0 aliphatic carbocycles. The van der Waals surface area contributed by atoms with E-state index in [0.29, 0.717) is 5.82 Å². The number of hydrogen-bond acceptors (Lipinski definition) is 4. The normalized spacial score (nSPS) is 9.73. The molecule has 0 spiro atoms. The number of nitrogens with one attached hydrogen (secondary N) is 1. The van der Waals surface area contributed by atoms with E-state index in [9.17, 15) is 9.59 Å². The van der Waals surface area contributed by atoms with E-state index in [1.165, 1.54) is 13.0 Å². The van der Waals surface area contributed by atoms with E-state index in [4.69, 9.17) is 11.6 Å². The SMILES string of the molecule is CC(=O)CCC(=O)Nc1ccc(Cl)nn1. The second-order valence-electron chi connectivity index (χ2n) is 2.99. The van der Waals surface area contributed by atoms with Crippen molar-refractivity contribution in [2.45, 2.75) is 19.8 Å². The maximum atomic E-state index is 11.2. The van der Waals surface area contributed by atoms with Gasteiger partial charge in [-0.05, 0) is 19.1 Å². The quantitative estimate of drug-likeness (QED) is 0.845. The first kappa shape index (κ1) is 11.6. The monoisotopic (exact) mass is 227 g/mol. The Morgan fingerprint density at radius 3 is 2.60 bits per heavy atom. The molecule has 1 heterocycles. The molecule has 0 fully saturated rings. The highest BCUT2D eigenvalue weighted by molar-refractivity contribution is 6.29. The van der Waals surface area contributed by atoms with Crippen LogP contribution in [0, 0.1) is 0 Å². The van der Waals surface area contributed by atoms with Gasteiger partial charge >= 0.3 is 0 Å². The van der Waals surface area contributed by atoms with Crippen LogP contribution in [0.15, 0.2) is 12.1 Å². The van der Waals surface area contributed by atoms with E-state index in [1.54, 1.807) is 6.07 Å². The fourth-order valence-corrected chi connectivity index (χ4v) is 0.978. The summed E-state index contributed by atoms with van der Waals surface area (Å²) in [4.78, 5) is 21.9. The van der Waals surface area contributed by atoms with Crippen LogP contribution >= 0.6 is 11.6 Å². The Morgan fingerprint density at radius 1 is 1.33 bits per heavy atom. The van der Waals surface area contributed by atoms with Gasteiger partial charge in [-0.15, -0.1) is 10.2 Å². The Bertz CT molecular complexity index is 364. The molecule has 0 aliphatic rings. The highest BCUT2D eigenvalue weighted by Gasteiger charge is 2.05. The summed E-state index contributed by atoms with van der Waals surface area (Å²) in [5, 5.41) is 9.97. The fourth-order valence-electron chi connectivity index (χ4n) is 0.878. The van der Waals surface area contributed by atoms with Gasteiger partial charge in [0.1, 0.15) is 5.78 Å². The number of carbonyl (C=O) groups excluding carboxylic acids is 2. The van der Waals surface area contributed by atoms with Crippen molar-refractivity contribution < 1.29 is 9.59 Å². The topological polar surface area (TPSA) is 72.0 Å². The van der Waals surface area contributed by atoms with Crippen molar-refractivity contribution in [2.24, 2.45) is 0 Å². The third-order valence-electron chi connectivity index (χ3n) is 1.60. The first-order valence-corrected chi connectivity index (χ1v) is 4.74. The molecule has 1 amide bonds. The lowest BCUT2D eigenvalue weighted by atomic mass is 10.2. The molecule has 0 aromatic carbocycles. The van der Waals surface area contributed by atoms with Crippen LogP contribution in [0.5, 0.6) is 0 Å². The Balaban J connectivity index is 2.44. The van der Waals surface area contributed by atoms with Gasteiger partial charge in [-0.25, -0.2) is 0 Å². The number of anilines is 1. The molecule has 1 N–H and O–H groups in total. The number of carbonyl (C=O) groups is 2. The molecular weight excluding hydrogens is 218 g/mol. The minimum atomic E-state index is -0.262. The summed E-state index contributed by atoms with van der Waals surface area (Å²) in [6, 6.07) is 3.07. The third kappa shape index (κ3) is 4.51. The number of Topliss-reactive ketones (excluding diaryl/α,β-unsaturated/α-hetero) is 1. The average Bonchev–Trinajstić information content (AvgIpc) is 2.19. The summed E-state index contributed by atoms with van der Waals surface area (Å²) in [6.45, 7) is 1.44. The van der Waals surface area contributed by atoms with Crippen molar-refractivity contribution >= 4 is 29.1 Å². The number of nitrogens with zero attached hydrogens (tertiary/aromatic N) is 2. The van der Waals surface area contributed by atoms with Crippen LogP contribution in [0.4, 0.5) is 5.82 Å². The number of hydrogen-bond donors (Lipinski definition) is 1. The predicted molar refractivity (Wildman–Crippen MR) is 55.6 cm³/mol. The molecule has 80 valence electrons. The summed E-state index contributed by atoms with van der Waals surface area (Å²) in [7, 11) is 0. The van der Waals surface area contributed by atoms with Gasteiger partial charge in [0.25, 0.3) is 0 Å². The zero-order valence-electron chi connectivity index (χ0n) is 8.16. The molecule has 0 unspecified atom stereocenters. The molecule has 6 heteroatoms.